The first kappa shape index (κ1) is 67.1. The van der Waals surface area contributed by atoms with E-state index in [4.69, 9.17) is 72.0 Å². The number of aromatic nitrogens is 20. The lowest BCUT2D eigenvalue weighted by Gasteiger charge is -2.10. The Labute approximate surface area is 520 Å². The highest BCUT2D eigenvalue weighted by Crippen LogP contribution is 2.31. The zero-order valence-corrected chi connectivity index (χ0v) is 51.5. The van der Waals surface area contributed by atoms with Crippen molar-refractivity contribution in [2.24, 2.45) is 0 Å². The van der Waals surface area contributed by atoms with Crippen LogP contribution in [0.1, 0.15) is 39.9 Å². The van der Waals surface area contributed by atoms with Crippen LogP contribution < -0.4 is 51.2 Å². The molecule has 0 aliphatic heterocycles. The highest BCUT2D eigenvalue weighted by molar-refractivity contribution is 7.94. The van der Waals surface area contributed by atoms with Gasteiger partial charge in [-0.3, -0.25) is 33.6 Å². The fourth-order valence-electron chi connectivity index (χ4n) is 7.49. The Morgan fingerprint density at radius 1 is 0.489 bits per heavy atom. The van der Waals surface area contributed by atoms with Crippen molar-refractivity contribution >= 4 is 90.4 Å². The average Bonchev–Trinajstić information content (AvgIpc) is 1.63. The molecule has 474 valence electrons. The highest BCUT2D eigenvalue weighted by Gasteiger charge is 2.20. The molecule has 2 aromatic carbocycles. The molecular weight excluding hydrogens is 1290 g/mol. The molecule has 11 aromatic rings. The van der Waals surface area contributed by atoms with Gasteiger partial charge in [0.15, 0.2) is 0 Å². The smallest absolute Gasteiger partial charge is 0.351 e. The van der Waals surface area contributed by atoms with Crippen LogP contribution in [0.5, 0.6) is 0 Å². The summed E-state index contributed by atoms with van der Waals surface area (Å²) in [6.45, 7) is 12.2. The molecule has 0 atom stereocenters. The van der Waals surface area contributed by atoms with E-state index in [0.29, 0.717) is 74.5 Å². The summed E-state index contributed by atoms with van der Waals surface area (Å²) in [4.78, 5) is 53.3. The molecule has 38 nitrogen and oxygen atoms in total. The van der Waals surface area contributed by atoms with Gasteiger partial charge in [0.1, 0.15) is 45.8 Å². The van der Waals surface area contributed by atoms with Crippen molar-refractivity contribution in [3.8, 4) is 35.2 Å². The topological polar surface area (TPSA) is 573 Å². The quantitative estimate of drug-likeness (QED) is 0.0291. The number of hydrogen-bond donors (Lipinski definition) is 12. The van der Waals surface area contributed by atoms with Crippen molar-refractivity contribution in [2.45, 2.75) is 63.2 Å². The van der Waals surface area contributed by atoms with E-state index in [1.54, 1.807) is 84.9 Å². The summed E-state index contributed by atoms with van der Waals surface area (Å²) in [6.07, 6.45) is 0. The van der Waals surface area contributed by atoms with Crippen LogP contribution in [-0.4, -0.2) is 130 Å². The summed E-state index contributed by atoms with van der Waals surface area (Å²) in [5.74, 6) is 2.66. The van der Waals surface area contributed by atoms with Crippen LogP contribution in [0.2, 0.25) is 10.2 Å². The number of aryl methyl sites for hydroxylation is 7. The monoisotopic (exact) mass is 1340 g/mol. The predicted octanol–water partition coefficient (Wildman–Crippen LogP) is 2.47. The van der Waals surface area contributed by atoms with Gasteiger partial charge in [-0.2, -0.15) is 76.1 Å². The fraction of sp³-hybridized carbons (Fsp3) is 0.149. The lowest BCUT2D eigenvalue weighted by Crippen LogP contribution is -2.22. The maximum Gasteiger partial charge on any atom is 0.351 e. The lowest BCUT2D eigenvalue weighted by atomic mass is 10.3. The van der Waals surface area contributed by atoms with E-state index in [1.165, 1.54) is 64.5 Å². The van der Waals surface area contributed by atoms with Crippen molar-refractivity contribution in [3.63, 3.8) is 0 Å². The third-order valence-corrected chi connectivity index (χ3v) is 14.0. The standard InChI is InChI=1S/C11H13N9O.C10H10ClN3O3S.C10H11N3O6S2.C8H8ClN5O.C8H10N6O/c1-5-3-7(12)19(17-5)9-14-10(16-11(21)15-9)20-8(13)4-6(2)18-20;1-6-4-10(12)14(13-6)9-5-7(18(15,16)17)2-3-8(9)11;1-6-4-10(11)13(12-6)8-5-7(21(15,16)17)2-3-9(8)20-19-18-14;1-4-2-6(10)14(13-4)8-11-5(9)3-7(15)12-8;1-4-3-6(9)14(13-4)8-10-7(15)5(2)11-12-8/h3-4H,12-13H2,1-2H3,(H,14,15,16,21);2-5H,12H2,1H3,(H,15,16,17);2-5,14H,11H2,1H3,(H,15,16,17);2-3H,10H2,1H3,(H,11,12,15);3H,9H2,1-2H3,(H,10,12,15). The van der Waals surface area contributed by atoms with E-state index in [0.717, 1.165) is 17.5 Å². The summed E-state index contributed by atoms with van der Waals surface area (Å²) in [6, 6.07) is 18.5. The molecule has 11 rings (SSSR count). The Bertz CT molecular complexity index is 4790. The molecule has 0 amide bonds. The van der Waals surface area contributed by atoms with Gasteiger partial charge in [0.25, 0.3) is 43.3 Å². The number of halogens is 2. The molecule has 0 spiro atoms. The van der Waals surface area contributed by atoms with Gasteiger partial charge in [0, 0.05) is 42.5 Å². The Hall–Kier alpha value is -10.4. The highest BCUT2D eigenvalue weighted by atomic mass is 35.5. The molecule has 0 aliphatic carbocycles. The van der Waals surface area contributed by atoms with Gasteiger partial charge < -0.3 is 34.4 Å². The second-order valence-corrected chi connectivity index (χ2v) is 22.8. The summed E-state index contributed by atoms with van der Waals surface area (Å²) in [5.41, 5.74) is 38.2. The van der Waals surface area contributed by atoms with Crippen LogP contribution in [0.25, 0.3) is 35.2 Å². The van der Waals surface area contributed by atoms with Crippen molar-refractivity contribution in [1.82, 2.24) is 98.8 Å². The Balaban J connectivity index is 0.000000161. The van der Waals surface area contributed by atoms with Gasteiger partial charge in [-0.1, -0.05) is 28.2 Å². The number of benzene rings is 2. The van der Waals surface area contributed by atoms with Crippen molar-refractivity contribution in [1.29, 1.82) is 0 Å². The third-order valence-electron chi connectivity index (χ3n) is 11.2. The molecular formula is C47H52Cl2N26O12S3. The predicted molar refractivity (Wildman–Crippen MR) is 326 cm³/mol. The molecule has 0 saturated heterocycles. The molecule has 0 fully saturated rings. The lowest BCUT2D eigenvalue weighted by molar-refractivity contribution is -0.432. The first-order valence-corrected chi connectivity index (χ1v) is 29.2. The van der Waals surface area contributed by atoms with E-state index in [-0.39, 0.29) is 72.1 Å². The van der Waals surface area contributed by atoms with E-state index in [2.05, 4.69) is 80.1 Å². The number of nitrogen functional groups attached to an aromatic ring is 6. The van der Waals surface area contributed by atoms with Crippen LogP contribution in [-0.2, 0) is 29.6 Å². The molecule has 0 unspecified atom stereocenters. The number of H-pyrrole nitrogens is 3. The zero-order chi connectivity index (χ0) is 66.3. The van der Waals surface area contributed by atoms with Crippen molar-refractivity contribution < 1.29 is 40.6 Å². The minimum Gasteiger partial charge on any atom is -0.384 e. The summed E-state index contributed by atoms with van der Waals surface area (Å²) in [7, 11) is -8.69. The Morgan fingerprint density at radius 2 is 0.900 bits per heavy atom. The van der Waals surface area contributed by atoms with Gasteiger partial charge in [-0.05, 0) is 84.9 Å². The molecule has 0 bridgehead atoms. The number of anilines is 6. The number of rotatable bonds is 11. The molecule has 0 saturated carbocycles. The van der Waals surface area contributed by atoms with Crippen LogP contribution in [0.4, 0.5) is 34.9 Å². The van der Waals surface area contributed by atoms with E-state index in [1.807, 2.05) is 0 Å². The molecule has 0 radical (unpaired) electrons. The number of hydrogen-bond acceptors (Lipinski definition) is 28. The second-order valence-electron chi connectivity index (χ2n) is 18.4. The SMILES string of the molecule is Cc1cc(N)n(-c2cc(S(=O)(=O)O)ccc2Cl)n1.Cc1cc(N)n(-c2cc(S(=O)(=O)O)ccc2SOOO)n1.Cc1cc(N)n(-c2nc(-n3nc(C)cc3N)[nH]c(=O)n2)n1.Cc1cc(N)n(-c2nc(Cl)cc(=O)[nH]2)n1.Cc1cc(N)n(-c2nnc(C)c(=O)[nH]2)n1. The maximum absolute atomic E-state index is 11.7. The largest absolute Gasteiger partial charge is 0.384 e. The summed E-state index contributed by atoms with van der Waals surface area (Å²) < 4.78 is 74.9. The van der Waals surface area contributed by atoms with E-state index in [9.17, 15) is 31.2 Å². The molecule has 43 heteroatoms. The molecule has 18 N–H and O–H groups in total. The maximum atomic E-state index is 11.7. The summed E-state index contributed by atoms with van der Waals surface area (Å²) in [5, 5.41) is 44.2. The molecule has 9 heterocycles. The van der Waals surface area contributed by atoms with Gasteiger partial charge in [0.05, 0.1) is 77.3 Å². The Kier molecular flexibility index (Phi) is 20.7. The first-order chi connectivity index (χ1) is 42.2. The second kappa shape index (κ2) is 27.8. The van der Waals surface area contributed by atoms with E-state index < -0.39 is 25.9 Å². The van der Waals surface area contributed by atoms with Crippen LogP contribution in [0.3, 0.4) is 0 Å². The average molecular weight is 1340 g/mol. The Morgan fingerprint density at radius 3 is 1.32 bits per heavy atom. The zero-order valence-electron chi connectivity index (χ0n) is 47.6. The number of aromatic amines is 3. The number of nitrogens with one attached hydrogen (secondary N) is 3. The minimum absolute atomic E-state index is 0.0481. The minimum atomic E-state index is -4.39. The van der Waals surface area contributed by atoms with Gasteiger partial charge in [0.2, 0.25) is 11.9 Å². The molecule has 90 heavy (non-hydrogen) atoms. The first-order valence-electron chi connectivity index (χ1n) is 24.9. The summed E-state index contributed by atoms with van der Waals surface area (Å²) >= 11 is 12.2. The van der Waals surface area contributed by atoms with Gasteiger partial charge in [-0.25, -0.2) is 24.4 Å². The van der Waals surface area contributed by atoms with Crippen LogP contribution >= 0.6 is 35.2 Å². The van der Waals surface area contributed by atoms with Crippen molar-refractivity contribution in [3.05, 3.63) is 160 Å². The van der Waals surface area contributed by atoms with Crippen molar-refractivity contribution in [2.75, 3.05) is 34.4 Å². The van der Waals surface area contributed by atoms with Crippen LogP contribution in [0, 0.1) is 48.5 Å². The fourth-order valence-corrected chi connectivity index (χ4v) is 9.32. The van der Waals surface area contributed by atoms with Gasteiger partial charge in [-0.15, -0.1) is 14.5 Å². The van der Waals surface area contributed by atoms with Gasteiger partial charge >= 0.3 is 5.69 Å². The number of nitrogens with zero attached hydrogens (tertiary/aromatic N) is 17. The molecule has 9 aromatic heterocycles. The van der Waals surface area contributed by atoms with Crippen LogP contribution in [0.15, 0.2) is 108 Å². The third kappa shape index (κ3) is 16.8. The normalized spacial score (nSPS) is 11.2. The molecule has 0 aliphatic rings. The van der Waals surface area contributed by atoms with E-state index >= 15 is 0 Å². The number of nitrogens with two attached hydrogens (primary N) is 6.